The highest BCUT2D eigenvalue weighted by Crippen LogP contribution is 2.21. The molecular weight excluding hydrogens is 324 g/mol. The summed E-state index contributed by atoms with van der Waals surface area (Å²) in [6.07, 6.45) is 1.23. The zero-order valence-electron chi connectivity index (χ0n) is 14.5. The number of benzene rings is 2. The molecule has 5 heteroatoms. The first-order valence-electron chi connectivity index (χ1n) is 8.35. The van der Waals surface area contributed by atoms with E-state index in [-0.39, 0.29) is 6.61 Å². The molecule has 0 bridgehead atoms. The second-order valence-electron chi connectivity index (χ2n) is 5.86. The van der Waals surface area contributed by atoms with Crippen molar-refractivity contribution in [1.82, 2.24) is 9.78 Å². The van der Waals surface area contributed by atoms with Crippen LogP contribution in [0.15, 0.2) is 54.6 Å². The molecule has 0 saturated carbocycles. The molecule has 3 rings (SSSR count). The van der Waals surface area contributed by atoms with Gasteiger partial charge in [0.2, 0.25) is 0 Å². The second-order valence-corrected chi connectivity index (χ2v) is 5.86. The van der Waals surface area contributed by atoms with Crippen LogP contribution in [-0.2, 0) is 13.0 Å². The Hall–Kier alpha value is -3.57. The summed E-state index contributed by atoms with van der Waals surface area (Å²) >= 11 is 0. The zero-order chi connectivity index (χ0) is 18.4. The highest BCUT2D eigenvalue weighted by atomic mass is 16.5. The summed E-state index contributed by atoms with van der Waals surface area (Å²) in [5.74, 6) is 0.716. The molecule has 2 aromatic carbocycles. The van der Waals surface area contributed by atoms with Crippen LogP contribution in [0.5, 0.6) is 5.75 Å². The monoisotopic (exact) mass is 342 g/mol. The minimum atomic E-state index is 0.246. The van der Waals surface area contributed by atoms with Gasteiger partial charge in [0, 0.05) is 6.42 Å². The van der Waals surface area contributed by atoms with Crippen LogP contribution >= 0.6 is 0 Å². The van der Waals surface area contributed by atoms with Crippen molar-refractivity contribution in [3.8, 4) is 23.6 Å². The molecule has 0 atom stereocenters. The molecule has 0 aliphatic heterocycles. The Balaban J connectivity index is 1.81. The lowest BCUT2D eigenvalue weighted by Gasteiger charge is -2.10. The van der Waals surface area contributed by atoms with Gasteiger partial charge in [-0.1, -0.05) is 30.3 Å². The van der Waals surface area contributed by atoms with Gasteiger partial charge in [0.25, 0.3) is 0 Å². The third kappa shape index (κ3) is 3.74. The first kappa shape index (κ1) is 17.3. The van der Waals surface area contributed by atoms with Crippen LogP contribution in [-0.4, -0.2) is 9.78 Å². The van der Waals surface area contributed by atoms with Gasteiger partial charge >= 0.3 is 0 Å². The highest BCUT2D eigenvalue weighted by Gasteiger charge is 2.16. The minimum absolute atomic E-state index is 0.246. The van der Waals surface area contributed by atoms with Gasteiger partial charge in [-0.25, -0.2) is 4.68 Å². The number of nitrogens with zero attached hydrogens (tertiary/aromatic N) is 4. The fraction of sp³-hybridized carbons (Fsp3) is 0.190. The van der Waals surface area contributed by atoms with E-state index in [4.69, 9.17) is 10.00 Å². The normalized spacial score (nSPS) is 10.1. The Morgan fingerprint density at radius 1 is 1.04 bits per heavy atom. The Morgan fingerprint density at radius 2 is 1.77 bits per heavy atom. The van der Waals surface area contributed by atoms with Gasteiger partial charge in [0.15, 0.2) is 0 Å². The molecule has 3 aromatic rings. The summed E-state index contributed by atoms with van der Waals surface area (Å²) in [6, 6.07) is 21.7. The van der Waals surface area contributed by atoms with Crippen LogP contribution in [0.1, 0.15) is 28.9 Å². The molecule has 0 N–H and O–H groups in total. The van der Waals surface area contributed by atoms with Crippen molar-refractivity contribution in [2.45, 2.75) is 26.4 Å². The van der Waals surface area contributed by atoms with E-state index in [1.165, 1.54) is 0 Å². The van der Waals surface area contributed by atoms with Crippen molar-refractivity contribution in [1.29, 1.82) is 10.5 Å². The molecule has 0 unspecified atom stereocenters. The molecule has 1 aromatic heterocycles. The molecule has 0 saturated heterocycles. The van der Waals surface area contributed by atoms with Crippen LogP contribution in [0.2, 0.25) is 0 Å². The third-order valence-corrected chi connectivity index (χ3v) is 4.09. The van der Waals surface area contributed by atoms with E-state index in [1.807, 2.05) is 61.5 Å². The number of para-hydroxylation sites is 1. The second kappa shape index (κ2) is 8.00. The predicted molar refractivity (Wildman–Crippen MR) is 97.7 cm³/mol. The Morgan fingerprint density at radius 3 is 2.42 bits per heavy atom. The lowest BCUT2D eigenvalue weighted by Crippen LogP contribution is -2.07. The highest BCUT2D eigenvalue weighted by molar-refractivity contribution is 5.43. The Labute approximate surface area is 152 Å². The van der Waals surface area contributed by atoms with E-state index in [2.05, 4.69) is 17.2 Å². The molecular formula is C21H18N4O. The smallest absolute Gasteiger partial charge is 0.132 e. The number of aryl methyl sites for hydroxylation is 2. The molecule has 0 spiro atoms. The molecule has 0 fully saturated rings. The van der Waals surface area contributed by atoms with Gasteiger partial charge in [-0.3, -0.25) is 0 Å². The number of hydrogen-bond donors (Lipinski definition) is 0. The van der Waals surface area contributed by atoms with Crippen LogP contribution in [0.25, 0.3) is 5.69 Å². The average Bonchev–Trinajstić information content (AvgIpc) is 3.01. The fourth-order valence-corrected chi connectivity index (χ4v) is 2.74. The fourth-order valence-electron chi connectivity index (χ4n) is 2.74. The third-order valence-electron chi connectivity index (χ3n) is 4.09. The zero-order valence-corrected chi connectivity index (χ0v) is 14.5. The summed E-state index contributed by atoms with van der Waals surface area (Å²) in [5, 5.41) is 22.6. The summed E-state index contributed by atoms with van der Waals surface area (Å²) in [6.45, 7) is 2.07. The molecule has 26 heavy (non-hydrogen) atoms. The molecule has 0 aliphatic carbocycles. The molecule has 0 radical (unpaired) electrons. The van der Waals surface area contributed by atoms with Gasteiger partial charge in [0.05, 0.1) is 23.1 Å². The average molecular weight is 342 g/mol. The lowest BCUT2D eigenvalue weighted by molar-refractivity contribution is 0.297. The number of rotatable bonds is 6. The SMILES string of the molecule is Cc1nn(-c2ccccc2)c(COc2ccc(CCC#N)cc2)c1C#N. The largest absolute Gasteiger partial charge is 0.487 e. The van der Waals surface area contributed by atoms with Crippen LogP contribution in [0, 0.1) is 29.6 Å². The standard InChI is InChI=1S/C21H18N4O/c1-16-20(14-23)21(25(24-16)18-7-3-2-4-8-18)15-26-19-11-9-17(10-12-19)6-5-13-22/h2-4,7-12H,5-6,15H2,1H3. The van der Waals surface area contributed by atoms with E-state index >= 15 is 0 Å². The molecule has 5 nitrogen and oxygen atoms in total. The summed E-state index contributed by atoms with van der Waals surface area (Å²) < 4.78 is 7.65. The number of ether oxygens (including phenoxy) is 1. The quantitative estimate of drug-likeness (QED) is 0.676. The number of aromatic nitrogens is 2. The summed E-state index contributed by atoms with van der Waals surface area (Å²) in [5.41, 5.74) is 3.94. The van der Waals surface area contributed by atoms with Crippen molar-refractivity contribution in [2.75, 3.05) is 0 Å². The van der Waals surface area contributed by atoms with E-state index in [0.29, 0.717) is 23.4 Å². The van der Waals surface area contributed by atoms with Gasteiger partial charge < -0.3 is 4.74 Å². The summed E-state index contributed by atoms with van der Waals surface area (Å²) in [7, 11) is 0. The van der Waals surface area contributed by atoms with Gasteiger partial charge in [-0.05, 0) is 43.2 Å². The van der Waals surface area contributed by atoms with Gasteiger partial charge in [0.1, 0.15) is 24.0 Å². The van der Waals surface area contributed by atoms with Crippen LogP contribution in [0.3, 0.4) is 0 Å². The maximum absolute atomic E-state index is 9.49. The first-order chi connectivity index (χ1) is 12.7. The van der Waals surface area contributed by atoms with E-state index in [1.54, 1.807) is 4.68 Å². The van der Waals surface area contributed by atoms with Crippen molar-refractivity contribution in [3.05, 3.63) is 77.1 Å². The molecule has 1 heterocycles. The number of nitriles is 2. The van der Waals surface area contributed by atoms with E-state index in [9.17, 15) is 5.26 Å². The summed E-state index contributed by atoms with van der Waals surface area (Å²) in [4.78, 5) is 0. The van der Waals surface area contributed by atoms with Crippen molar-refractivity contribution < 1.29 is 4.74 Å². The first-order valence-corrected chi connectivity index (χ1v) is 8.35. The van der Waals surface area contributed by atoms with Gasteiger partial charge in [-0.2, -0.15) is 15.6 Å². The number of hydrogen-bond acceptors (Lipinski definition) is 4. The molecule has 128 valence electrons. The van der Waals surface area contributed by atoms with Crippen molar-refractivity contribution >= 4 is 0 Å². The Kier molecular flexibility index (Phi) is 5.31. The van der Waals surface area contributed by atoms with Crippen LogP contribution in [0.4, 0.5) is 0 Å². The molecule has 0 aliphatic rings. The van der Waals surface area contributed by atoms with E-state index in [0.717, 1.165) is 23.4 Å². The predicted octanol–water partition coefficient (Wildman–Crippen LogP) is 4.09. The van der Waals surface area contributed by atoms with Crippen LogP contribution < -0.4 is 4.74 Å². The van der Waals surface area contributed by atoms with E-state index < -0.39 is 0 Å². The maximum atomic E-state index is 9.49. The van der Waals surface area contributed by atoms with Crippen molar-refractivity contribution in [3.63, 3.8) is 0 Å². The van der Waals surface area contributed by atoms with Crippen molar-refractivity contribution in [2.24, 2.45) is 0 Å². The topological polar surface area (TPSA) is 74.6 Å². The van der Waals surface area contributed by atoms with Gasteiger partial charge in [-0.15, -0.1) is 0 Å². The maximum Gasteiger partial charge on any atom is 0.132 e. The molecule has 0 amide bonds. The Bertz CT molecular complexity index is 960. The lowest BCUT2D eigenvalue weighted by atomic mass is 10.1. The minimum Gasteiger partial charge on any atom is -0.487 e.